The molecule has 152 valence electrons. The predicted molar refractivity (Wildman–Crippen MR) is 116 cm³/mol. The van der Waals surface area contributed by atoms with Crippen molar-refractivity contribution in [3.05, 3.63) is 24.8 Å². The summed E-state index contributed by atoms with van der Waals surface area (Å²) in [6.45, 7) is 6.72. The van der Waals surface area contributed by atoms with Crippen LogP contribution in [-0.4, -0.2) is 12.3 Å². The Morgan fingerprint density at radius 1 is 0.846 bits per heavy atom. The highest BCUT2D eigenvalue weighted by atomic mass is 16.1. The first-order chi connectivity index (χ1) is 12.8. The van der Waals surface area contributed by atoms with E-state index in [1.807, 2.05) is 0 Å². The zero-order valence-corrected chi connectivity index (χ0v) is 17.5. The summed E-state index contributed by atoms with van der Waals surface area (Å²) in [5.41, 5.74) is 5.52. The molecule has 2 nitrogen and oxygen atoms in total. The van der Waals surface area contributed by atoms with Crippen LogP contribution in [-0.2, 0) is 4.79 Å². The molecule has 0 saturated carbocycles. The molecule has 0 amide bonds. The van der Waals surface area contributed by atoms with Crippen molar-refractivity contribution < 1.29 is 4.79 Å². The van der Waals surface area contributed by atoms with Gasteiger partial charge in [-0.05, 0) is 51.5 Å². The predicted octanol–water partition coefficient (Wildman–Crippen LogP) is 7.13. The van der Waals surface area contributed by atoms with Gasteiger partial charge in [-0.3, -0.25) is 4.79 Å². The maximum Gasteiger partial charge on any atom is 0.139 e. The third-order valence-corrected chi connectivity index (χ3v) is 5.10. The quantitative estimate of drug-likeness (QED) is 0.184. The highest BCUT2D eigenvalue weighted by Crippen LogP contribution is 2.15. The topological polar surface area (TPSA) is 43.1 Å². The second-order valence-corrected chi connectivity index (χ2v) is 7.57. The molecule has 0 aliphatic carbocycles. The van der Waals surface area contributed by atoms with Gasteiger partial charge in [0, 0.05) is 12.3 Å². The Balaban J connectivity index is 3.38. The lowest BCUT2D eigenvalue weighted by molar-refractivity contribution is -0.121. The fraction of sp³-hybridized carbons (Fsp3) is 0.792. The molecule has 2 N–H and O–H groups in total. The molecule has 0 aliphatic rings. The minimum atomic E-state index is 0.0235. The normalized spacial score (nSPS) is 12.5. The van der Waals surface area contributed by atoms with Crippen molar-refractivity contribution in [1.29, 1.82) is 0 Å². The van der Waals surface area contributed by atoms with Crippen LogP contribution in [0, 0.1) is 5.92 Å². The third-order valence-electron chi connectivity index (χ3n) is 5.10. The van der Waals surface area contributed by atoms with Crippen LogP contribution < -0.4 is 5.73 Å². The summed E-state index contributed by atoms with van der Waals surface area (Å²) in [4.78, 5) is 12.1. The zero-order valence-electron chi connectivity index (χ0n) is 17.5. The molecule has 0 aromatic carbocycles. The van der Waals surface area contributed by atoms with Gasteiger partial charge in [-0.2, -0.15) is 0 Å². The summed E-state index contributed by atoms with van der Waals surface area (Å²) in [5, 5.41) is 0. The van der Waals surface area contributed by atoms with Crippen molar-refractivity contribution in [2.24, 2.45) is 11.7 Å². The second-order valence-electron chi connectivity index (χ2n) is 7.57. The molecule has 0 saturated heterocycles. The fourth-order valence-electron chi connectivity index (χ4n) is 3.30. The van der Waals surface area contributed by atoms with Crippen molar-refractivity contribution >= 4 is 5.78 Å². The van der Waals surface area contributed by atoms with Crippen LogP contribution in [0.15, 0.2) is 24.8 Å². The molecule has 0 spiro atoms. The molecule has 1 atom stereocenters. The molecule has 0 aromatic rings. The van der Waals surface area contributed by atoms with Gasteiger partial charge >= 0.3 is 0 Å². The van der Waals surface area contributed by atoms with Crippen molar-refractivity contribution in [3.63, 3.8) is 0 Å². The largest absolute Gasteiger partial charge is 0.330 e. The van der Waals surface area contributed by atoms with Crippen LogP contribution in [0.5, 0.6) is 0 Å². The lowest BCUT2D eigenvalue weighted by Gasteiger charge is -2.10. The Bertz CT molecular complexity index is 348. The minimum absolute atomic E-state index is 0.0235. The molecule has 0 bridgehead atoms. The van der Waals surface area contributed by atoms with Gasteiger partial charge in [-0.15, -0.1) is 6.58 Å². The Kier molecular flexibility index (Phi) is 19.7. The molecule has 0 rings (SSSR count). The number of hydrogen-bond acceptors (Lipinski definition) is 2. The Morgan fingerprint density at radius 2 is 1.38 bits per heavy atom. The van der Waals surface area contributed by atoms with Gasteiger partial charge in [-0.25, -0.2) is 0 Å². The number of Topliss-reactive ketones (excluding diaryl/α,β-unsaturated/α-hetero) is 1. The smallest absolute Gasteiger partial charge is 0.139 e. The molecular formula is C24H45NO. The van der Waals surface area contributed by atoms with E-state index >= 15 is 0 Å². The van der Waals surface area contributed by atoms with Crippen molar-refractivity contribution in [1.82, 2.24) is 0 Å². The highest BCUT2D eigenvalue weighted by Gasteiger charge is 2.13. The first-order valence-electron chi connectivity index (χ1n) is 11.3. The molecule has 26 heavy (non-hydrogen) atoms. The van der Waals surface area contributed by atoms with Gasteiger partial charge in [0.25, 0.3) is 0 Å². The molecule has 0 fully saturated rings. The highest BCUT2D eigenvalue weighted by molar-refractivity contribution is 5.82. The fourth-order valence-corrected chi connectivity index (χ4v) is 3.30. The molecule has 2 heteroatoms. The number of carbonyl (C=O) groups is 1. The van der Waals surface area contributed by atoms with Crippen LogP contribution in [0.4, 0.5) is 0 Å². The second kappa shape index (κ2) is 20.4. The zero-order chi connectivity index (χ0) is 19.3. The lowest BCUT2D eigenvalue weighted by atomic mass is 9.94. The SMILES string of the molecule is C=CC(CCCN)C(=O)CCCCCCC/C=C\CCCCCCCC. The van der Waals surface area contributed by atoms with Gasteiger partial charge in [0.2, 0.25) is 0 Å². The summed E-state index contributed by atoms with van der Waals surface area (Å²) in [5.74, 6) is 0.376. The van der Waals surface area contributed by atoms with Gasteiger partial charge in [0.15, 0.2) is 0 Å². The van der Waals surface area contributed by atoms with Crippen LogP contribution in [0.25, 0.3) is 0 Å². The standard InChI is InChI=1S/C24H45NO/c1-3-5-6-7-8-9-10-11-12-13-14-15-16-17-18-21-24(26)23(4-2)20-19-22-25/h4,11-12,23H,2-3,5-10,13-22,25H2,1H3/b12-11-. The number of carbonyl (C=O) groups excluding carboxylic acids is 1. The van der Waals surface area contributed by atoms with Gasteiger partial charge in [0.05, 0.1) is 0 Å². The van der Waals surface area contributed by atoms with E-state index < -0.39 is 0 Å². The van der Waals surface area contributed by atoms with E-state index in [1.54, 1.807) is 6.08 Å². The van der Waals surface area contributed by atoms with Crippen LogP contribution in [0.1, 0.15) is 110 Å². The van der Waals surface area contributed by atoms with Crippen molar-refractivity contribution in [2.75, 3.05) is 6.54 Å². The Morgan fingerprint density at radius 3 is 1.92 bits per heavy atom. The van der Waals surface area contributed by atoms with Gasteiger partial charge in [-0.1, -0.05) is 76.5 Å². The third kappa shape index (κ3) is 16.6. The number of hydrogen-bond donors (Lipinski definition) is 1. The molecule has 0 aliphatic heterocycles. The van der Waals surface area contributed by atoms with E-state index in [0.29, 0.717) is 18.7 Å². The van der Waals surface area contributed by atoms with E-state index in [4.69, 9.17) is 5.73 Å². The summed E-state index contributed by atoms with van der Waals surface area (Å²) in [7, 11) is 0. The van der Waals surface area contributed by atoms with Crippen LogP contribution >= 0.6 is 0 Å². The monoisotopic (exact) mass is 363 g/mol. The van der Waals surface area contributed by atoms with Gasteiger partial charge in [0.1, 0.15) is 5.78 Å². The average Bonchev–Trinajstić information content (AvgIpc) is 2.65. The maximum atomic E-state index is 12.1. The summed E-state index contributed by atoms with van der Waals surface area (Å²) < 4.78 is 0. The number of allylic oxidation sites excluding steroid dienone is 3. The van der Waals surface area contributed by atoms with E-state index in [0.717, 1.165) is 19.3 Å². The summed E-state index contributed by atoms with van der Waals surface area (Å²) in [6, 6.07) is 0. The first-order valence-corrected chi connectivity index (χ1v) is 11.3. The first kappa shape index (κ1) is 25.1. The molecule has 0 radical (unpaired) electrons. The lowest BCUT2D eigenvalue weighted by Crippen LogP contribution is -2.13. The van der Waals surface area contributed by atoms with E-state index in [-0.39, 0.29) is 5.92 Å². The number of unbranched alkanes of at least 4 members (excludes halogenated alkanes) is 11. The number of ketones is 1. The maximum absolute atomic E-state index is 12.1. The van der Waals surface area contributed by atoms with Crippen molar-refractivity contribution in [2.45, 2.75) is 110 Å². The minimum Gasteiger partial charge on any atom is -0.330 e. The van der Waals surface area contributed by atoms with Crippen LogP contribution in [0.3, 0.4) is 0 Å². The summed E-state index contributed by atoms with van der Waals surface area (Å²) >= 11 is 0. The van der Waals surface area contributed by atoms with Crippen molar-refractivity contribution in [3.8, 4) is 0 Å². The molecule has 0 heterocycles. The van der Waals surface area contributed by atoms with E-state index in [2.05, 4.69) is 25.7 Å². The van der Waals surface area contributed by atoms with Crippen LogP contribution in [0.2, 0.25) is 0 Å². The van der Waals surface area contributed by atoms with E-state index in [1.165, 1.54) is 77.0 Å². The number of nitrogens with two attached hydrogens (primary N) is 1. The summed E-state index contributed by atoms with van der Waals surface area (Å²) in [6.07, 6.45) is 25.8. The van der Waals surface area contributed by atoms with Gasteiger partial charge < -0.3 is 5.73 Å². The number of rotatable bonds is 20. The average molecular weight is 364 g/mol. The molecular weight excluding hydrogens is 318 g/mol. The molecule has 1 unspecified atom stereocenters. The molecule has 0 aromatic heterocycles. The Labute approximate surface area is 163 Å². The Hall–Kier alpha value is -0.890. The van der Waals surface area contributed by atoms with E-state index in [9.17, 15) is 4.79 Å².